The molecule has 1 atom stereocenters. The number of aromatic nitrogens is 1. The number of aliphatic hydroxyl groups excluding tert-OH is 1. The molecule has 0 saturated carbocycles. The van der Waals surface area contributed by atoms with Gasteiger partial charge in [0.15, 0.2) is 0 Å². The fourth-order valence-corrected chi connectivity index (χ4v) is 2.01. The lowest BCUT2D eigenvalue weighted by molar-refractivity contribution is 0.215. The molecule has 0 spiro atoms. The third-order valence-corrected chi connectivity index (χ3v) is 3.29. The number of hydrogen-bond acceptors (Lipinski definition) is 3. The normalized spacial score (nSPS) is 14.8. The molecule has 0 aromatic carbocycles. The molecule has 0 saturated heterocycles. The van der Waals surface area contributed by atoms with E-state index in [9.17, 15) is 5.11 Å². The molecule has 1 rings (SSSR count). The van der Waals surface area contributed by atoms with Crippen LogP contribution in [0.25, 0.3) is 6.08 Å². The highest BCUT2D eigenvalue weighted by Gasteiger charge is 2.04. The Bertz CT molecular complexity index is 370. The second-order valence-corrected chi connectivity index (χ2v) is 5.07. The summed E-state index contributed by atoms with van der Waals surface area (Å²) < 4.78 is 1.92. The van der Waals surface area contributed by atoms with Crippen molar-refractivity contribution in [3.63, 3.8) is 0 Å². The lowest BCUT2D eigenvalue weighted by Gasteiger charge is -2.07. The van der Waals surface area contributed by atoms with Crippen molar-refractivity contribution < 1.29 is 5.11 Å². The van der Waals surface area contributed by atoms with Crippen LogP contribution in [0.2, 0.25) is 0 Å². The Hall–Kier alpha value is -0.200. The van der Waals surface area contributed by atoms with Crippen molar-refractivity contribution in [3.8, 4) is 0 Å². The number of rotatable bonds is 4. The van der Waals surface area contributed by atoms with Gasteiger partial charge in [-0.15, -0.1) is 11.3 Å². The van der Waals surface area contributed by atoms with E-state index in [0.717, 1.165) is 16.3 Å². The first kappa shape index (κ1) is 12.9. The van der Waals surface area contributed by atoms with Crippen LogP contribution >= 0.6 is 33.9 Å². The smallest absolute Gasteiger partial charge is 0.0901 e. The highest BCUT2D eigenvalue weighted by atomic mass is 127. The zero-order valence-corrected chi connectivity index (χ0v) is 11.7. The van der Waals surface area contributed by atoms with E-state index in [2.05, 4.69) is 27.6 Å². The van der Waals surface area contributed by atoms with E-state index in [1.54, 1.807) is 11.3 Å². The van der Waals surface area contributed by atoms with Gasteiger partial charge < -0.3 is 5.11 Å². The maximum atomic E-state index is 9.77. The summed E-state index contributed by atoms with van der Waals surface area (Å²) in [6.07, 6.45) is 4.15. The molecule has 2 nitrogen and oxygen atoms in total. The number of halogens is 1. The SMILES string of the molecule is C/C(=C\c1csc(C)n1)[C@@H](O)C/C=C/I. The van der Waals surface area contributed by atoms with Gasteiger partial charge in [0.25, 0.3) is 0 Å². The molecule has 1 heterocycles. The molecule has 82 valence electrons. The van der Waals surface area contributed by atoms with E-state index in [-0.39, 0.29) is 0 Å². The number of aliphatic hydroxyl groups is 1. The average Bonchev–Trinajstić information content (AvgIpc) is 2.60. The van der Waals surface area contributed by atoms with Crippen molar-refractivity contribution in [3.05, 3.63) is 31.8 Å². The lowest BCUT2D eigenvalue weighted by atomic mass is 10.1. The quantitative estimate of drug-likeness (QED) is 0.854. The van der Waals surface area contributed by atoms with Crippen LogP contribution in [0.5, 0.6) is 0 Å². The first-order chi connectivity index (χ1) is 7.13. The van der Waals surface area contributed by atoms with Gasteiger partial charge in [-0.3, -0.25) is 0 Å². The third kappa shape index (κ3) is 4.44. The van der Waals surface area contributed by atoms with Crippen molar-refractivity contribution >= 4 is 40.0 Å². The Labute approximate surface area is 108 Å². The molecule has 1 aromatic heterocycles. The number of aryl methyl sites for hydroxylation is 1. The van der Waals surface area contributed by atoms with E-state index in [1.165, 1.54) is 0 Å². The first-order valence-corrected chi connectivity index (χ1v) is 6.79. The molecule has 1 aromatic rings. The monoisotopic (exact) mass is 335 g/mol. The van der Waals surface area contributed by atoms with Crippen molar-refractivity contribution in [1.82, 2.24) is 4.98 Å². The molecule has 4 heteroatoms. The highest BCUT2D eigenvalue weighted by Crippen LogP contribution is 2.15. The van der Waals surface area contributed by atoms with Crippen LogP contribution in [-0.4, -0.2) is 16.2 Å². The average molecular weight is 335 g/mol. The summed E-state index contributed by atoms with van der Waals surface area (Å²) in [6, 6.07) is 0. The van der Waals surface area contributed by atoms with Gasteiger partial charge in [0.2, 0.25) is 0 Å². The fourth-order valence-electron chi connectivity index (χ4n) is 1.14. The van der Waals surface area contributed by atoms with Crippen LogP contribution < -0.4 is 0 Å². The Kier molecular flexibility index (Phi) is 5.49. The Morgan fingerprint density at radius 2 is 2.47 bits per heavy atom. The minimum atomic E-state index is -0.405. The lowest BCUT2D eigenvalue weighted by Crippen LogP contribution is -2.06. The van der Waals surface area contributed by atoms with Gasteiger partial charge in [-0.1, -0.05) is 28.7 Å². The van der Waals surface area contributed by atoms with Crippen molar-refractivity contribution in [2.45, 2.75) is 26.4 Å². The molecule has 0 fully saturated rings. The van der Waals surface area contributed by atoms with E-state index >= 15 is 0 Å². The van der Waals surface area contributed by atoms with Crippen molar-refractivity contribution in [2.75, 3.05) is 0 Å². The molecular weight excluding hydrogens is 321 g/mol. The number of nitrogens with zero attached hydrogens (tertiary/aromatic N) is 1. The molecule has 0 radical (unpaired) electrons. The van der Waals surface area contributed by atoms with Crippen LogP contribution in [0.15, 0.2) is 21.1 Å². The molecule has 0 aliphatic rings. The van der Waals surface area contributed by atoms with E-state index in [1.807, 2.05) is 35.5 Å². The predicted molar refractivity (Wildman–Crippen MR) is 74.3 cm³/mol. The van der Waals surface area contributed by atoms with Gasteiger partial charge in [0.1, 0.15) is 0 Å². The summed E-state index contributed by atoms with van der Waals surface area (Å²) >= 11 is 3.77. The van der Waals surface area contributed by atoms with E-state index in [4.69, 9.17) is 0 Å². The Balaban J connectivity index is 2.66. The van der Waals surface area contributed by atoms with E-state index in [0.29, 0.717) is 6.42 Å². The van der Waals surface area contributed by atoms with Crippen LogP contribution in [-0.2, 0) is 0 Å². The highest BCUT2D eigenvalue weighted by molar-refractivity contribution is 14.1. The van der Waals surface area contributed by atoms with Crippen LogP contribution in [0.3, 0.4) is 0 Å². The van der Waals surface area contributed by atoms with Crippen LogP contribution in [0.4, 0.5) is 0 Å². The van der Waals surface area contributed by atoms with Crippen LogP contribution in [0, 0.1) is 6.92 Å². The molecule has 0 aliphatic heterocycles. The van der Waals surface area contributed by atoms with Gasteiger partial charge in [0.05, 0.1) is 16.8 Å². The maximum absolute atomic E-state index is 9.77. The topological polar surface area (TPSA) is 33.1 Å². The van der Waals surface area contributed by atoms with Gasteiger partial charge in [-0.2, -0.15) is 0 Å². The van der Waals surface area contributed by atoms with Gasteiger partial charge in [-0.05, 0) is 36.0 Å². The summed E-state index contributed by atoms with van der Waals surface area (Å²) in [7, 11) is 0. The third-order valence-electron chi connectivity index (χ3n) is 1.99. The van der Waals surface area contributed by atoms with Crippen molar-refractivity contribution in [1.29, 1.82) is 0 Å². The maximum Gasteiger partial charge on any atom is 0.0901 e. The summed E-state index contributed by atoms with van der Waals surface area (Å²) in [5.74, 6) is 0. The largest absolute Gasteiger partial charge is 0.388 e. The van der Waals surface area contributed by atoms with Gasteiger partial charge in [-0.25, -0.2) is 4.98 Å². The zero-order valence-electron chi connectivity index (χ0n) is 8.77. The predicted octanol–water partition coefficient (Wildman–Crippen LogP) is 3.55. The molecular formula is C11H14INOS. The number of hydrogen-bond donors (Lipinski definition) is 1. The molecule has 0 unspecified atom stereocenters. The van der Waals surface area contributed by atoms with E-state index < -0.39 is 6.10 Å². The zero-order chi connectivity index (χ0) is 11.3. The van der Waals surface area contributed by atoms with Crippen LogP contribution in [0.1, 0.15) is 24.0 Å². The second kappa shape index (κ2) is 6.40. The molecule has 15 heavy (non-hydrogen) atoms. The summed E-state index contributed by atoms with van der Waals surface area (Å²) in [5, 5.41) is 12.8. The Morgan fingerprint density at radius 3 is 3.00 bits per heavy atom. The Morgan fingerprint density at radius 1 is 1.73 bits per heavy atom. The molecule has 0 bridgehead atoms. The minimum absolute atomic E-state index is 0.405. The molecule has 0 aliphatic carbocycles. The van der Waals surface area contributed by atoms with Crippen molar-refractivity contribution in [2.24, 2.45) is 0 Å². The van der Waals surface area contributed by atoms with Gasteiger partial charge >= 0.3 is 0 Å². The fraction of sp³-hybridized carbons (Fsp3) is 0.364. The summed E-state index contributed by atoms with van der Waals surface area (Å²) in [6.45, 7) is 3.91. The number of thiazole rings is 1. The molecule has 1 N–H and O–H groups in total. The standard InChI is InChI=1S/C11H14INOS/c1-8(11(14)4-3-5-12)6-10-7-15-9(2)13-10/h3,5-7,11,14H,4H2,1-2H3/b5-3+,8-6+/t11-/m0/s1. The minimum Gasteiger partial charge on any atom is -0.388 e. The summed E-state index contributed by atoms with van der Waals surface area (Å²) in [5.41, 5.74) is 1.89. The van der Waals surface area contributed by atoms with Gasteiger partial charge in [0, 0.05) is 5.38 Å². The first-order valence-electron chi connectivity index (χ1n) is 4.67. The summed E-state index contributed by atoms with van der Waals surface area (Å²) in [4.78, 5) is 4.32. The molecule has 0 amide bonds. The second-order valence-electron chi connectivity index (χ2n) is 3.29.